The summed E-state index contributed by atoms with van der Waals surface area (Å²) in [4.78, 5) is 18.9. The molecule has 0 bridgehead atoms. The number of methoxy groups -OCH3 is 2. The highest BCUT2D eigenvalue weighted by atomic mass is 16.6. The summed E-state index contributed by atoms with van der Waals surface area (Å²) in [5.41, 5.74) is 1.69. The molecule has 1 amide bonds. The van der Waals surface area contributed by atoms with Crippen LogP contribution in [0.3, 0.4) is 0 Å². The molecule has 2 radical (unpaired) electrons. The van der Waals surface area contributed by atoms with Crippen molar-refractivity contribution in [1.29, 1.82) is 0 Å². The maximum absolute atomic E-state index is 12.6. The predicted octanol–water partition coefficient (Wildman–Crippen LogP) is 3.43. The van der Waals surface area contributed by atoms with E-state index in [9.17, 15) is 4.79 Å². The number of anilines is 1. The van der Waals surface area contributed by atoms with Crippen molar-refractivity contribution < 1.29 is 19.0 Å². The van der Waals surface area contributed by atoms with Gasteiger partial charge in [-0.25, -0.2) is 9.78 Å². The molecule has 2 aromatic heterocycles. The molecule has 0 aliphatic carbocycles. The second kappa shape index (κ2) is 10.1. The van der Waals surface area contributed by atoms with E-state index in [1.165, 1.54) is 0 Å². The van der Waals surface area contributed by atoms with Gasteiger partial charge < -0.3 is 24.4 Å². The Bertz CT molecular complexity index is 1210. The molecule has 1 saturated heterocycles. The number of carbonyl (C=O) groups is 1. The molecular formula is C25H32BN5O4. The molecule has 1 aliphatic heterocycles. The van der Waals surface area contributed by atoms with Crippen LogP contribution in [0.4, 0.5) is 10.6 Å². The lowest BCUT2D eigenvalue weighted by Crippen LogP contribution is -2.43. The molecule has 4 rings (SSSR count). The van der Waals surface area contributed by atoms with Gasteiger partial charge >= 0.3 is 6.09 Å². The average Bonchev–Trinajstić information content (AvgIpc) is 3.18. The maximum atomic E-state index is 12.6. The van der Waals surface area contributed by atoms with Gasteiger partial charge in [-0.1, -0.05) is 0 Å². The van der Waals surface area contributed by atoms with Gasteiger partial charge in [0.05, 0.1) is 31.2 Å². The number of nitrogens with one attached hydrogen (secondary N) is 1. The number of benzene rings is 1. The van der Waals surface area contributed by atoms with Gasteiger partial charge in [0.1, 0.15) is 30.8 Å². The topological polar surface area (TPSA) is 90.7 Å². The van der Waals surface area contributed by atoms with Crippen molar-refractivity contribution in [3.8, 4) is 11.5 Å². The third kappa shape index (κ3) is 5.47. The number of amides is 1. The number of piperidine rings is 1. The number of aromatic nitrogens is 3. The second-order valence-electron chi connectivity index (χ2n) is 9.64. The summed E-state index contributed by atoms with van der Waals surface area (Å²) >= 11 is 0. The summed E-state index contributed by atoms with van der Waals surface area (Å²) < 4.78 is 18.3. The van der Waals surface area contributed by atoms with Crippen molar-refractivity contribution in [2.75, 3.05) is 32.6 Å². The van der Waals surface area contributed by atoms with Crippen LogP contribution in [0.15, 0.2) is 30.5 Å². The Morgan fingerprint density at radius 2 is 2.03 bits per heavy atom. The smallest absolute Gasteiger partial charge is 0.410 e. The standard InChI is InChI=1S/C25H32BN5O4/c1-25(2,3)35-24(32)30-12-6-7-17(15-30)31-19-10-11-27-23(21(19)22(26)29-31)28-14-16-8-9-18(33-4)13-20(16)34-5/h8-11,13,17H,6-7,12,14-15H2,1-5H3,(H,27,28). The minimum atomic E-state index is -0.536. The number of ether oxygens (including phenoxy) is 3. The summed E-state index contributed by atoms with van der Waals surface area (Å²) in [5.74, 6) is 2.09. The largest absolute Gasteiger partial charge is 0.497 e. The Labute approximate surface area is 207 Å². The van der Waals surface area contributed by atoms with E-state index in [-0.39, 0.29) is 12.1 Å². The second-order valence-corrected chi connectivity index (χ2v) is 9.64. The van der Waals surface area contributed by atoms with E-state index in [1.807, 2.05) is 49.7 Å². The highest BCUT2D eigenvalue weighted by Gasteiger charge is 2.30. The zero-order chi connectivity index (χ0) is 25.2. The van der Waals surface area contributed by atoms with E-state index in [0.717, 1.165) is 40.8 Å². The summed E-state index contributed by atoms with van der Waals surface area (Å²) in [6.45, 7) is 7.28. The van der Waals surface area contributed by atoms with Crippen LogP contribution in [0.2, 0.25) is 0 Å². The predicted molar refractivity (Wildman–Crippen MR) is 136 cm³/mol. The fourth-order valence-electron chi connectivity index (χ4n) is 4.35. The Hall–Kier alpha value is -3.43. The molecule has 1 aromatic carbocycles. The van der Waals surface area contributed by atoms with Gasteiger partial charge in [-0.3, -0.25) is 4.68 Å². The molecule has 35 heavy (non-hydrogen) atoms. The van der Waals surface area contributed by atoms with Gasteiger partial charge in [0, 0.05) is 43.1 Å². The van der Waals surface area contributed by atoms with Crippen molar-refractivity contribution >= 4 is 36.3 Å². The number of fused-ring (bicyclic) bond motifs is 1. The summed E-state index contributed by atoms with van der Waals surface area (Å²) in [5, 5.41) is 8.78. The quantitative estimate of drug-likeness (QED) is 0.544. The van der Waals surface area contributed by atoms with E-state index in [2.05, 4.69) is 15.4 Å². The van der Waals surface area contributed by atoms with E-state index >= 15 is 0 Å². The number of likely N-dealkylation sites (tertiary alicyclic amines) is 1. The lowest BCUT2D eigenvalue weighted by Gasteiger charge is -2.34. The Morgan fingerprint density at radius 1 is 1.23 bits per heavy atom. The first-order valence-electron chi connectivity index (χ1n) is 11.8. The first kappa shape index (κ1) is 24.7. The first-order chi connectivity index (χ1) is 16.7. The SMILES string of the molecule is [B]c1nn(C2CCCN(C(=O)OC(C)(C)C)C2)c2ccnc(NCc3ccc(OC)cc3OC)c12. The van der Waals surface area contributed by atoms with Crippen LogP contribution in [0.25, 0.3) is 10.9 Å². The third-order valence-corrected chi connectivity index (χ3v) is 5.98. The highest BCUT2D eigenvalue weighted by molar-refractivity contribution is 6.38. The number of rotatable bonds is 6. The summed E-state index contributed by atoms with van der Waals surface area (Å²) in [7, 11) is 9.62. The van der Waals surface area contributed by atoms with E-state index < -0.39 is 5.60 Å². The molecule has 10 heteroatoms. The molecule has 9 nitrogen and oxygen atoms in total. The molecule has 3 heterocycles. The fourth-order valence-corrected chi connectivity index (χ4v) is 4.35. The van der Waals surface area contributed by atoms with Crippen LogP contribution >= 0.6 is 0 Å². The zero-order valence-corrected chi connectivity index (χ0v) is 21.0. The van der Waals surface area contributed by atoms with Gasteiger partial charge in [0.15, 0.2) is 0 Å². The number of hydrogen-bond acceptors (Lipinski definition) is 7. The summed E-state index contributed by atoms with van der Waals surface area (Å²) in [6.07, 6.45) is 3.19. The van der Waals surface area contributed by atoms with Crippen LogP contribution in [0.5, 0.6) is 11.5 Å². The van der Waals surface area contributed by atoms with Gasteiger partial charge in [-0.15, -0.1) is 0 Å². The van der Waals surface area contributed by atoms with E-state index in [0.29, 0.717) is 31.0 Å². The monoisotopic (exact) mass is 477 g/mol. The number of hydrogen-bond donors (Lipinski definition) is 1. The lowest BCUT2D eigenvalue weighted by molar-refractivity contribution is 0.0169. The van der Waals surface area contributed by atoms with Crippen LogP contribution in [-0.2, 0) is 11.3 Å². The van der Waals surface area contributed by atoms with E-state index in [1.54, 1.807) is 25.3 Å². The van der Waals surface area contributed by atoms with Crippen LogP contribution in [-0.4, -0.2) is 66.5 Å². The van der Waals surface area contributed by atoms with Crippen molar-refractivity contribution in [2.24, 2.45) is 0 Å². The molecule has 0 spiro atoms. The van der Waals surface area contributed by atoms with Gasteiger partial charge in [-0.05, 0) is 51.8 Å². The van der Waals surface area contributed by atoms with Crippen molar-refractivity contribution in [3.05, 3.63) is 36.0 Å². The Balaban J connectivity index is 1.56. The van der Waals surface area contributed by atoms with Crippen molar-refractivity contribution in [2.45, 2.75) is 51.8 Å². The van der Waals surface area contributed by atoms with Gasteiger partial charge in [-0.2, -0.15) is 5.10 Å². The normalized spacial score (nSPS) is 16.3. The molecule has 1 N–H and O–H groups in total. The maximum Gasteiger partial charge on any atom is 0.410 e. The number of pyridine rings is 1. The molecule has 0 saturated carbocycles. The minimum Gasteiger partial charge on any atom is -0.497 e. The summed E-state index contributed by atoms with van der Waals surface area (Å²) in [6, 6.07) is 7.58. The fraction of sp³-hybridized carbons (Fsp3) is 0.480. The molecule has 1 fully saturated rings. The Kier molecular flexibility index (Phi) is 7.09. The average molecular weight is 477 g/mol. The van der Waals surface area contributed by atoms with Crippen LogP contribution in [0, 0.1) is 0 Å². The van der Waals surface area contributed by atoms with Gasteiger partial charge in [0.2, 0.25) is 0 Å². The lowest BCUT2D eigenvalue weighted by atomic mass is 10.0. The molecule has 1 aliphatic rings. The highest BCUT2D eigenvalue weighted by Crippen LogP contribution is 2.29. The molecule has 1 unspecified atom stereocenters. The van der Waals surface area contributed by atoms with Crippen LogP contribution in [0.1, 0.15) is 45.2 Å². The first-order valence-corrected chi connectivity index (χ1v) is 11.8. The zero-order valence-electron chi connectivity index (χ0n) is 21.0. The molecular weight excluding hydrogens is 445 g/mol. The number of carbonyl (C=O) groups excluding carboxylic acids is 1. The van der Waals surface area contributed by atoms with Crippen LogP contribution < -0.4 is 20.4 Å². The van der Waals surface area contributed by atoms with Crippen molar-refractivity contribution in [1.82, 2.24) is 19.7 Å². The van der Waals surface area contributed by atoms with Crippen molar-refractivity contribution in [3.63, 3.8) is 0 Å². The van der Waals surface area contributed by atoms with Gasteiger partial charge in [0.25, 0.3) is 0 Å². The minimum absolute atomic E-state index is 0.00648. The molecule has 3 aromatic rings. The van der Waals surface area contributed by atoms with E-state index in [4.69, 9.17) is 22.1 Å². The Morgan fingerprint density at radius 3 is 2.74 bits per heavy atom. The molecule has 184 valence electrons. The number of nitrogens with zero attached hydrogens (tertiary/aromatic N) is 4. The third-order valence-electron chi connectivity index (χ3n) is 5.98. The molecule has 1 atom stereocenters.